The second-order valence-electron chi connectivity index (χ2n) is 4.53. The van der Waals surface area contributed by atoms with Crippen LogP contribution >= 0.6 is 0 Å². The number of hydrogen-bond donors (Lipinski definition) is 0. The SMILES string of the molecule is Cc1c(C(=O)OCCc2ccccc2)cc(F)c(F)c1F. The summed E-state index contributed by atoms with van der Waals surface area (Å²) in [5, 5.41) is 0. The van der Waals surface area contributed by atoms with Gasteiger partial charge in [-0.15, -0.1) is 0 Å². The van der Waals surface area contributed by atoms with E-state index in [-0.39, 0.29) is 17.7 Å². The largest absolute Gasteiger partial charge is 0.462 e. The van der Waals surface area contributed by atoms with E-state index >= 15 is 0 Å². The monoisotopic (exact) mass is 294 g/mol. The molecule has 0 bridgehead atoms. The van der Waals surface area contributed by atoms with Crippen LogP contribution in [0.5, 0.6) is 0 Å². The van der Waals surface area contributed by atoms with Crippen molar-refractivity contribution >= 4 is 5.97 Å². The maximum absolute atomic E-state index is 13.4. The summed E-state index contributed by atoms with van der Waals surface area (Å²) in [5.41, 5.74) is 0.400. The third-order valence-corrected chi connectivity index (χ3v) is 3.09. The van der Waals surface area contributed by atoms with E-state index in [0.29, 0.717) is 12.5 Å². The van der Waals surface area contributed by atoms with Gasteiger partial charge in [-0.1, -0.05) is 30.3 Å². The van der Waals surface area contributed by atoms with Crippen LogP contribution in [0.4, 0.5) is 13.2 Å². The molecule has 2 nitrogen and oxygen atoms in total. The fourth-order valence-electron chi connectivity index (χ4n) is 1.88. The molecule has 110 valence electrons. The van der Waals surface area contributed by atoms with Crippen molar-refractivity contribution in [3.05, 3.63) is 70.5 Å². The minimum absolute atomic E-state index is 0.0723. The van der Waals surface area contributed by atoms with E-state index in [1.807, 2.05) is 30.3 Å². The zero-order valence-electron chi connectivity index (χ0n) is 11.3. The van der Waals surface area contributed by atoms with E-state index in [9.17, 15) is 18.0 Å². The first-order valence-corrected chi connectivity index (χ1v) is 6.36. The summed E-state index contributed by atoms with van der Waals surface area (Å²) in [6, 6.07) is 9.96. The van der Waals surface area contributed by atoms with Crippen molar-refractivity contribution in [1.29, 1.82) is 0 Å². The molecule has 0 aliphatic carbocycles. The average molecular weight is 294 g/mol. The van der Waals surface area contributed by atoms with Gasteiger partial charge in [-0.2, -0.15) is 0 Å². The Labute approximate surface area is 120 Å². The maximum Gasteiger partial charge on any atom is 0.338 e. The van der Waals surface area contributed by atoms with Crippen molar-refractivity contribution in [2.24, 2.45) is 0 Å². The molecule has 0 fully saturated rings. The van der Waals surface area contributed by atoms with Crippen molar-refractivity contribution in [3.8, 4) is 0 Å². The molecule has 2 aromatic rings. The molecule has 0 N–H and O–H groups in total. The van der Waals surface area contributed by atoms with Crippen LogP contribution in [0.15, 0.2) is 36.4 Å². The van der Waals surface area contributed by atoms with Gasteiger partial charge in [0.25, 0.3) is 0 Å². The number of carbonyl (C=O) groups excluding carboxylic acids is 1. The van der Waals surface area contributed by atoms with E-state index in [0.717, 1.165) is 5.56 Å². The van der Waals surface area contributed by atoms with Gasteiger partial charge in [0.2, 0.25) is 0 Å². The van der Waals surface area contributed by atoms with Crippen LogP contribution in [0.1, 0.15) is 21.5 Å². The maximum atomic E-state index is 13.4. The van der Waals surface area contributed by atoms with Crippen molar-refractivity contribution < 1.29 is 22.7 Å². The van der Waals surface area contributed by atoms with Crippen LogP contribution in [-0.2, 0) is 11.2 Å². The minimum atomic E-state index is -1.59. The number of rotatable bonds is 4. The van der Waals surface area contributed by atoms with E-state index in [1.54, 1.807) is 0 Å². The zero-order chi connectivity index (χ0) is 15.4. The lowest BCUT2D eigenvalue weighted by molar-refractivity contribution is 0.0507. The van der Waals surface area contributed by atoms with Crippen LogP contribution < -0.4 is 0 Å². The fourth-order valence-corrected chi connectivity index (χ4v) is 1.88. The van der Waals surface area contributed by atoms with Crippen molar-refractivity contribution in [2.75, 3.05) is 6.61 Å². The molecule has 0 saturated heterocycles. The summed E-state index contributed by atoms with van der Waals surface area (Å²) >= 11 is 0. The molecule has 0 aliphatic heterocycles. The van der Waals surface area contributed by atoms with E-state index in [2.05, 4.69) is 0 Å². The quantitative estimate of drug-likeness (QED) is 0.633. The average Bonchev–Trinajstić information content (AvgIpc) is 2.49. The van der Waals surface area contributed by atoms with Crippen molar-refractivity contribution in [2.45, 2.75) is 13.3 Å². The molecule has 0 aliphatic rings. The Morgan fingerprint density at radius 2 is 1.76 bits per heavy atom. The predicted octanol–water partition coefficient (Wildman–Crippen LogP) is 3.81. The van der Waals surface area contributed by atoms with Crippen LogP contribution in [0, 0.1) is 24.4 Å². The van der Waals surface area contributed by atoms with Gasteiger partial charge < -0.3 is 4.74 Å². The Balaban J connectivity index is 2.04. The molecule has 0 atom stereocenters. The number of esters is 1. The second kappa shape index (κ2) is 6.43. The third-order valence-electron chi connectivity index (χ3n) is 3.09. The van der Waals surface area contributed by atoms with Gasteiger partial charge in [0, 0.05) is 12.0 Å². The minimum Gasteiger partial charge on any atom is -0.462 e. The van der Waals surface area contributed by atoms with E-state index in [1.165, 1.54) is 6.92 Å². The van der Waals surface area contributed by atoms with Gasteiger partial charge in [0.05, 0.1) is 12.2 Å². The Hall–Kier alpha value is -2.30. The van der Waals surface area contributed by atoms with E-state index < -0.39 is 23.4 Å². The summed E-state index contributed by atoms with van der Waals surface area (Å²) in [6.07, 6.45) is 0.484. The first-order valence-electron chi connectivity index (χ1n) is 6.36. The van der Waals surface area contributed by atoms with Gasteiger partial charge in [0.15, 0.2) is 17.5 Å². The first-order chi connectivity index (χ1) is 10.0. The highest BCUT2D eigenvalue weighted by atomic mass is 19.2. The number of hydrogen-bond acceptors (Lipinski definition) is 2. The summed E-state index contributed by atoms with van der Waals surface area (Å²) < 4.78 is 44.5. The first kappa shape index (κ1) is 15.1. The third kappa shape index (κ3) is 3.42. The Kier molecular flexibility index (Phi) is 4.62. The molecule has 2 aromatic carbocycles. The lowest BCUT2D eigenvalue weighted by Crippen LogP contribution is -2.12. The normalized spacial score (nSPS) is 10.5. The number of benzene rings is 2. The molecule has 0 heterocycles. The van der Waals surface area contributed by atoms with Gasteiger partial charge in [-0.25, -0.2) is 18.0 Å². The molecule has 0 radical (unpaired) electrons. The van der Waals surface area contributed by atoms with Gasteiger partial charge in [0.1, 0.15) is 0 Å². The smallest absolute Gasteiger partial charge is 0.338 e. The van der Waals surface area contributed by atoms with Crippen molar-refractivity contribution in [1.82, 2.24) is 0 Å². The summed E-state index contributed by atoms with van der Waals surface area (Å²) in [4.78, 5) is 11.8. The lowest BCUT2D eigenvalue weighted by Gasteiger charge is -2.09. The number of halogens is 3. The van der Waals surface area contributed by atoms with Gasteiger partial charge in [-0.3, -0.25) is 0 Å². The highest BCUT2D eigenvalue weighted by molar-refractivity contribution is 5.91. The fraction of sp³-hybridized carbons (Fsp3) is 0.188. The highest BCUT2D eigenvalue weighted by Gasteiger charge is 2.20. The van der Waals surface area contributed by atoms with Crippen LogP contribution in [0.25, 0.3) is 0 Å². The summed E-state index contributed by atoms with van der Waals surface area (Å²) in [7, 11) is 0. The number of carbonyl (C=O) groups is 1. The standard InChI is InChI=1S/C16H13F3O2/c1-10-12(9-13(17)15(19)14(10)18)16(20)21-8-7-11-5-3-2-4-6-11/h2-6,9H,7-8H2,1H3. The summed E-state index contributed by atoms with van der Waals surface area (Å²) in [5.74, 6) is -5.24. The van der Waals surface area contributed by atoms with Crippen LogP contribution in [-0.4, -0.2) is 12.6 Å². The Morgan fingerprint density at radius 1 is 1.10 bits per heavy atom. The molecule has 0 saturated carbocycles. The highest BCUT2D eigenvalue weighted by Crippen LogP contribution is 2.20. The summed E-state index contributed by atoms with van der Waals surface area (Å²) in [6.45, 7) is 1.27. The Bertz CT molecular complexity index is 654. The Morgan fingerprint density at radius 3 is 2.43 bits per heavy atom. The molecule has 0 amide bonds. The topological polar surface area (TPSA) is 26.3 Å². The van der Waals surface area contributed by atoms with Gasteiger partial charge in [-0.05, 0) is 18.6 Å². The van der Waals surface area contributed by atoms with Gasteiger partial charge >= 0.3 is 5.97 Å². The van der Waals surface area contributed by atoms with Crippen LogP contribution in [0.2, 0.25) is 0 Å². The predicted molar refractivity (Wildman–Crippen MR) is 71.5 cm³/mol. The zero-order valence-corrected chi connectivity index (χ0v) is 11.3. The van der Waals surface area contributed by atoms with Crippen molar-refractivity contribution in [3.63, 3.8) is 0 Å². The molecular weight excluding hydrogens is 281 g/mol. The molecule has 21 heavy (non-hydrogen) atoms. The molecular formula is C16H13F3O2. The molecule has 0 unspecified atom stereocenters. The molecule has 0 aromatic heterocycles. The van der Waals surface area contributed by atoms with E-state index in [4.69, 9.17) is 4.74 Å². The number of ether oxygens (including phenoxy) is 1. The second-order valence-corrected chi connectivity index (χ2v) is 4.53. The molecule has 2 rings (SSSR count). The molecule has 5 heteroatoms. The van der Waals surface area contributed by atoms with Crippen LogP contribution in [0.3, 0.4) is 0 Å². The lowest BCUT2D eigenvalue weighted by atomic mass is 10.1. The molecule has 0 spiro atoms.